The first-order valence-corrected chi connectivity index (χ1v) is 7.71. The number of nitrogens with one attached hydrogen (secondary N) is 1. The lowest BCUT2D eigenvalue weighted by Gasteiger charge is -2.19. The van der Waals surface area contributed by atoms with Gasteiger partial charge in [-0.2, -0.15) is 13.2 Å². The zero-order valence-electron chi connectivity index (χ0n) is 13.0. The second-order valence-electron chi connectivity index (χ2n) is 5.72. The van der Waals surface area contributed by atoms with Crippen LogP contribution in [0.15, 0.2) is 18.2 Å². The molecule has 26 heavy (non-hydrogen) atoms. The van der Waals surface area contributed by atoms with Gasteiger partial charge in [-0.1, -0.05) is 11.6 Å². The van der Waals surface area contributed by atoms with Crippen molar-refractivity contribution < 1.29 is 37.1 Å². The van der Waals surface area contributed by atoms with Crippen LogP contribution in [0, 0.1) is 11.7 Å². The van der Waals surface area contributed by atoms with Gasteiger partial charge in [-0.05, 0) is 18.2 Å². The molecule has 6 nitrogen and oxygen atoms in total. The number of carbonyl (C=O) groups is 3. The van der Waals surface area contributed by atoms with E-state index >= 15 is 0 Å². The highest BCUT2D eigenvalue weighted by Crippen LogP contribution is 2.28. The highest BCUT2D eigenvalue weighted by molar-refractivity contribution is 6.30. The summed E-state index contributed by atoms with van der Waals surface area (Å²) < 4.78 is 50.7. The predicted octanol–water partition coefficient (Wildman–Crippen LogP) is 2.35. The number of hydrogen-bond donors (Lipinski definition) is 2. The second-order valence-corrected chi connectivity index (χ2v) is 6.13. The zero-order chi connectivity index (χ0) is 19.6. The quantitative estimate of drug-likeness (QED) is 0.748. The van der Waals surface area contributed by atoms with Gasteiger partial charge >= 0.3 is 12.1 Å². The van der Waals surface area contributed by atoms with Crippen LogP contribution < -0.4 is 10.2 Å². The summed E-state index contributed by atoms with van der Waals surface area (Å²) in [5.74, 6) is -5.21. The van der Waals surface area contributed by atoms with Crippen LogP contribution in [0.2, 0.25) is 5.02 Å². The Bertz CT molecular complexity index is 741. The Morgan fingerprint density at radius 3 is 2.58 bits per heavy atom. The number of carboxylic acids is 1. The smallest absolute Gasteiger partial charge is 0.391 e. The van der Waals surface area contributed by atoms with Crippen molar-refractivity contribution in [3.63, 3.8) is 0 Å². The number of rotatable bonds is 5. The van der Waals surface area contributed by atoms with E-state index in [0.29, 0.717) is 0 Å². The van der Waals surface area contributed by atoms with Gasteiger partial charge in [0.1, 0.15) is 11.9 Å². The molecule has 2 rings (SSSR count). The molecular formula is C15H13ClF4N2O4. The number of nitrogens with zero attached hydrogens (tertiary/aromatic N) is 1. The molecule has 1 saturated heterocycles. The molecule has 2 atom stereocenters. The van der Waals surface area contributed by atoms with Gasteiger partial charge < -0.3 is 15.3 Å². The summed E-state index contributed by atoms with van der Waals surface area (Å²) in [6.07, 6.45) is -6.86. The minimum absolute atomic E-state index is 0.136. The summed E-state index contributed by atoms with van der Waals surface area (Å²) in [6.45, 7) is -0.218. The van der Waals surface area contributed by atoms with E-state index in [1.807, 2.05) is 0 Å². The number of carbonyl (C=O) groups excluding carboxylic acids is 2. The highest BCUT2D eigenvalue weighted by Gasteiger charge is 2.40. The first-order chi connectivity index (χ1) is 12.0. The average molecular weight is 397 g/mol. The van der Waals surface area contributed by atoms with Crippen molar-refractivity contribution in [2.75, 3.05) is 11.4 Å². The van der Waals surface area contributed by atoms with Gasteiger partial charge in [-0.15, -0.1) is 0 Å². The van der Waals surface area contributed by atoms with E-state index in [0.717, 1.165) is 11.0 Å². The number of alkyl halides is 3. The van der Waals surface area contributed by atoms with E-state index in [1.165, 1.54) is 12.1 Å². The molecule has 0 radical (unpaired) electrons. The fourth-order valence-corrected chi connectivity index (χ4v) is 2.62. The Labute approximate surface area is 149 Å². The predicted molar refractivity (Wildman–Crippen MR) is 82.1 cm³/mol. The Kier molecular flexibility index (Phi) is 5.74. The van der Waals surface area contributed by atoms with Gasteiger partial charge in [-0.3, -0.25) is 9.59 Å². The molecule has 142 valence electrons. The van der Waals surface area contributed by atoms with Crippen LogP contribution in [-0.2, 0) is 14.4 Å². The molecule has 0 aliphatic carbocycles. The monoisotopic (exact) mass is 396 g/mol. The van der Waals surface area contributed by atoms with Crippen molar-refractivity contribution in [3.8, 4) is 0 Å². The van der Waals surface area contributed by atoms with E-state index in [4.69, 9.17) is 16.7 Å². The van der Waals surface area contributed by atoms with Gasteiger partial charge in [-0.25, -0.2) is 9.18 Å². The third-order valence-corrected chi connectivity index (χ3v) is 4.07. The van der Waals surface area contributed by atoms with Crippen molar-refractivity contribution in [1.82, 2.24) is 5.32 Å². The normalized spacial score (nSPS) is 18.7. The van der Waals surface area contributed by atoms with E-state index in [-0.39, 0.29) is 23.7 Å². The molecule has 1 aromatic carbocycles. The molecule has 0 spiro atoms. The fraction of sp³-hybridized carbons (Fsp3) is 0.400. The lowest BCUT2D eigenvalue weighted by atomic mass is 10.1. The van der Waals surface area contributed by atoms with E-state index in [2.05, 4.69) is 0 Å². The van der Waals surface area contributed by atoms with Crippen molar-refractivity contribution in [1.29, 1.82) is 0 Å². The molecular weight excluding hydrogens is 384 g/mol. The number of halogens is 5. The van der Waals surface area contributed by atoms with Crippen LogP contribution in [0.25, 0.3) is 0 Å². The summed E-state index contributed by atoms with van der Waals surface area (Å²) in [5, 5.41) is 10.5. The molecule has 0 aromatic heterocycles. The third kappa shape index (κ3) is 4.84. The molecule has 0 bridgehead atoms. The van der Waals surface area contributed by atoms with Crippen LogP contribution in [-0.4, -0.2) is 41.7 Å². The zero-order valence-corrected chi connectivity index (χ0v) is 13.8. The summed E-state index contributed by atoms with van der Waals surface area (Å²) in [4.78, 5) is 36.1. The van der Waals surface area contributed by atoms with E-state index in [9.17, 15) is 31.9 Å². The molecule has 1 heterocycles. The Morgan fingerprint density at radius 1 is 1.38 bits per heavy atom. The van der Waals surface area contributed by atoms with Gasteiger partial charge in [0, 0.05) is 18.7 Å². The number of benzene rings is 1. The van der Waals surface area contributed by atoms with Crippen molar-refractivity contribution >= 4 is 35.1 Å². The number of amides is 2. The van der Waals surface area contributed by atoms with Crippen LogP contribution in [0.4, 0.5) is 23.2 Å². The molecule has 1 aliphatic rings. The number of carboxylic acid groups (broad SMARTS) is 1. The molecule has 2 unspecified atom stereocenters. The van der Waals surface area contributed by atoms with Crippen molar-refractivity contribution in [3.05, 3.63) is 29.0 Å². The number of aliphatic carboxylic acids is 1. The molecule has 1 aliphatic heterocycles. The largest absolute Gasteiger partial charge is 0.480 e. The second kappa shape index (κ2) is 7.48. The molecule has 0 saturated carbocycles. The summed E-state index contributed by atoms with van der Waals surface area (Å²) in [5.41, 5.74) is 0.136. The van der Waals surface area contributed by atoms with Crippen LogP contribution in [0.5, 0.6) is 0 Å². The minimum atomic E-state index is -4.78. The average Bonchev–Trinajstić information content (AvgIpc) is 2.90. The van der Waals surface area contributed by atoms with Gasteiger partial charge in [0.25, 0.3) is 0 Å². The standard InChI is InChI=1S/C15H13ClF4N2O4/c16-9-2-1-8(4-10(9)17)22-6-7(3-12(22)23)13(24)21-11(14(25)26)5-15(18,19)20/h1-2,4,7,11H,3,5-6H2,(H,21,24)(H,25,26). The van der Waals surface area contributed by atoms with Crippen LogP contribution >= 0.6 is 11.6 Å². The van der Waals surface area contributed by atoms with Crippen molar-refractivity contribution in [2.45, 2.75) is 25.1 Å². The Morgan fingerprint density at radius 2 is 2.04 bits per heavy atom. The maximum Gasteiger partial charge on any atom is 0.391 e. The molecule has 1 aromatic rings. The molecule has 2 N–H and O–H groups in total. The number of hydrogen-bond acceptors (Lipinski definition) is 3. The lowest BCUT2D eigenvalue weighted by Crippen LogP contribution is -2.46. The Balaban J connectivity index is 2.08. The van der Waals surface area contributed by atoms with Crippen LogP contribution in [0.1, 0.15) is 12.8 Å². The first-order valence-electron chi connectivity index (χ1n) is 7.33. The maximum atomic E-state index is 13.5. The van der Waals surface area contributed by atoms with Gasteiger partial charge in [0.15, 0.2) is 0 Å². The highest BCUT2D eigenvalue weighted by atomic mass is 35.5. The third-order valence-electron chi connectivity index (χ3n) is 3.76. The topological polar surface area (TPSA) is 86.7 Å². The molecule has 2 amide bonds. The summed E-state index contributed by atoms with van der Waals surface area (Å²) in [7, 11) is 0. The molecule has 1 fully saturated rings. The maximum absolute atomic E-state index is 13.5. The SMILES string of the molecule is O=C(NC(CC(F)(F)F)C(=O)O)C1CC(=O)N(c2ccc(Cl)c(F)c2)C1. The first kappa shape index (κ1) is 20.0. The fourth-order valence-electron chi connectivity index (χ4n) is 2.51. The summed E-state index contributed by atoms with van der Waals surface area (Å²) in [6, 6.07) is 1.41. The number of anilines is 1. The van der Waals surface area contributed by atoms with E-state index in [1.54, 1.807) is 5.32 Å². The lowest BCUT2D eigenvalue weighted by molar-refractivity contribution is -0.160. The van der Waals surface area contributed by atoms with Gasteiger partial charge in [0.05, 0.1) is 17.4 Å². The Hall–Kier alpha value is -2.36. The van der Waals surface area contributed by atoms with Crippen molar-refractivity contribution in [2.24, 2.45) is 5.92 Å². The van der Waals surface area contributed by atoms with Gasteiger partial charge in [0.2, 0.25) is 11.8 Å². The summed E-state index contributed by atoms with van der Waals surface area (Å²) >= 11 is 5.55. The van der Waals surface area contributed by atoms with Crippen LogP contribution in [0.3, 0.4) is 0 Å². The minimum Gasteiger partial charge on any atom is -0.480 e. The molecule has 11 heteroatoms. The van der Waals surface area contributed by atoms with E-state index < -0.39 is 48.2 Å².